The van der Waals surface area contributed by atoms with Crippen molar-refractivity contribution < 1.29 is 9.32 Å². The number of nitrogen functional groups attached to an aromatic ring is 1. The normalized spacial score (nSPS) is 9.00. The Morgan fingerprint density at radius 1 is 1.75 bits per heavy atom. The molecule has 0 amide bonds. The second kappa shape index (κ2) is 1.61. The zero-order valence-corrected chi connectivity index (χ0v) is 3.87. The van der Waals surface area contributed by atoms with Gasteiger partial charge in [-0.2, -0.15) is 0 Å². The monoisotopic (exact) mass is 113 g/mol. The third kappa shape index (κ3) is 0.534. The number of hydrogen-bond acceptors (Lipinski definition) is 5. The van der Waals surface area contributed by atoms with Crippen LogP contribution in [0.1, 0.15) is 10.5 Å². The molecule has 5 nitrogen and oxygen atoms in total. The average Bonchev–Trinajstić information content (AvgIpc) is 2.14. The lowest BCUT2D eigenvalue weighted by Gasteiger charge is -1.73. The molecule has 0 aliphatic heterocycles. The highest BCUT2D eigenvalue weighted by atomic mass is 16.5. The Kier molecular flexibility index (Phi) is 0.957. The molecular formula is C3H3N3O2. The van der Waals surface area contributed by atoms with E-state index in [2.05, 4.69) is 14.9 Å². The van der Waals surface area contributed by atoms with Crippen LogP contribution in [0.4, 0.5) is 5.88 Å². The predicted octanol–water partition coefficient (Wildman–Crippen LogP) is -0.536. The third-order valence-electron chi connectivity index (χ3n) is 0.652. The van der Waals surface area contributed by atoms with E-state index < -0.39 is 0 Å². The SMILES string of the molecule is Nc1onnc1C=O. The van der Waals surface area contributed by atoms with Gasteiger partial charge in [0.2, 0.25) is 0 Å². The van der Waals surface area contributed by atoms with Gasteiger partial charge in [0.05, 0.1) is 0 Å². The number of nitrogens with zero attached hydrogens (tertiary/aromatic N) is 2. The first-order chi connectivity index (χ1) is 3.84. The van der Waals surface area contributed by atoms with E-state index in [-0.39, 0.29) is 11.6 Å². The standard InChI is InChI=1S/C3H3N3O2/c4-3-2(1-7)5-6-8-3/h1H,4H2. The summed E-state index contributed by atoms with van der Waals surface area (Å²) in [5.41, 5.74) is 5.07. The smallest absolute Gasteiger partial charge is 0.253 e. The highest BCUT2D eigenvalue weighted by molar-refractivity contribution is 5.77. The van der Waals surface area contributed by atoms with Crippen molar-refractivity contribution in [3.05, 3.63) is 5.69 Å². The molecule has 0 saturated carbocycles. The summed E-state index contributed by atoms with van der Waals surface area (Å²) in [4.78, 5) is 9.85. The van der Waals surface area contributed by atoms with Crippen LogP contribution in [0.5, 0.6) is 0 Å². The maximum absolute atomic E-state index is 9.85. The van der Waals surface area contributed by atoms with Crippen LogP contribution in [0.3, 0.4) is 0 Å². The quantitative estimate of drug-likeness (QED) is 0.495. The van der Waals surface area contributed by atoms with Gasteiger partial charge in [0.1, 0.15) is 0 Å². The minimum Gasteiger partial charge on any atom is -0.366 e. The molecule has 0 fully saturated rings. The van der Waals surface area contributed by atoms with E-state index in [1.54, 1.807) is 0 Å². The summed E-state index contributed by atoms with van der Waals surface area (Å²) < 4.78 is 4.24. The van der Waals surface area contributed by atoms with Crippen LogP contribution < -0.4 is 5.73 Å². The van der Waals surface area contributed by atoms with Crippen molar-refractivity contribution in [2.75, 3.05) is 5.73 Å². The van der Waals surface area contributed by atoms with Crippen LogP contribution >= 0.6 is 0 Å². The van der Waals surface area contributed by atoms with Crippen LogP contribution in [0, 0.1) is 0 Å². The van der Waals surface area contributed by atoms with E-state index in [0.29, 0.717) is 6.29 Å². The van der Waals surface area contributed by atoms with E-state index in [1.165, 1.54) is 0 Å². The Morgan fingerprint density at radius 3 is 2.75 bits per heavy atom. The largest absolute Gasteiger partial charge is 0.366 e. The Morgan fingerprint density at radius 2 is 2.50 bits per heavy atom. The van der Waals surface area contributed by atoms with E-state index in [4.69, 9.17) is 5.73 Å². The molecule has 0 spiro atoms. The number of anilines is 1. The maximum Gasteiger partial charge on any atom is 0.253 e. The molecule has 5 heteroatoms. The van der Waals surface area contributed by atoms with Crippen molar-refractivity contribution in [3.63, 3.8) is 0 Å². The summed E-state index contributed by atoms with van der Waals surface area (Å²) in [6.07, 6.45) is 0.478. The maximum atomic E-state index is 9.85. The van der Waals surface area contributed by atoms with Crippen LogP contribution in [0.25, 0.3) is 0 Å². The minimum absolute atomic E-state index is 0.0417. The van der Waals surface area contributed by atoms with Gasteiger partial charge in [-0.1, -0.05) is 0 Å². The van der Waals surface area contributed by atoms with E-state index in [1.807, 2.05) is 0 Å². The molecule has 1 heterocycles. The number of aldehydes is 1. The molecule has 0 unspecified atom stereocenters. The van der Waals surface area contributed by atoms with Crippen molar-refractivity contribution in [2.24, 2.45) is 0 Å². The van der Waals surface area contributed by atoms with E-state index in [0.717, 1.165) is 0 Å². The fourth-order valence-electron chi connectivity index (χ4n) is 0.286. The van der Waals surface area contributed by atoms with Crippen molar-refractivity contribution in [1.29, 1.82) is 0 Å². The predicted molar refractivity (Wildman–Crippen MR) is 24.1 cm³/mol. The topological polar surface area (TPSA) is 82.0 Å². The van der Waals surface area contributed by atoms with Crippen LogP contribution in [-0.2, 0) is 0 Å². The molecule has 0 aliphatic carbocycles. The first-order valence-corrected chi connectivity index (χ1v) is 1.87. The van der Waals surface area contributed by atoms with Gasteiger partial charge in [-0.3, -0.25) is 4.79 Å². The number of aromatic nitrogens is 2. The molecule has 0 aromatic carbocycles. The number of rotatable bonds is 1. The lowest BCUT2D eigenvalue weighted by molar-refractivity contribution is 0.112. The summed E-state index contributed by atoms with van der Waals surface area (Å²) in [5, 5.41) is 6.24. The molecule has 1 aromatic rings. The highest BCUT2D eigenvalue weighted by Gasteiger charge is 2.00. The zero-order chi connectivity index (χ0) is 5.98. The van der Waals surface area contributed by atoms with E-state index >= 15 is 0 Å². The Balaban J connectivity index is 3.09. The van der Waals surface area contributed by atoms with Crippen LogP contribution in [0.2, 0.25) is 0 Å². The van der Waals surface area contributed by atoms with Gasteiger partial charge in [-0.05, 0) is 0 Å². The molecule has 42 valence electrons. The molecule has 0 aliphatic rings. The van der Waals surface area contributed by atoms with Gasteiger partial charge in [0, 0.05) is 5.27 Å². The summed E-state index contributed by atoms with van der Waals surface area (Å²) in [6, 6.07) is 0. The molecule has 1 rings (SSSR count). The molecule has 1 aromatic heterocycles. The molecular weight excluding hydrogens is 110 g/mol. The summed E-state index contributed by atoms with van der Waals surface area (Å²) in [7, 11) is 0. The Bertz CT molecular complexity index is 194. The first kappa shape index (κ1) is 4.76. The van der Waals surface area contributed by atoms with Crippen molar-refractivity contribution in [3.8, 4) is 0 Å². The summed E-state index contributed by atoms with van der Waals surface area (Å²) >= 11 is 0. The number of carbonyl (C=O) groups excluding carboxylic acids is 1. The van der Waals surface area contributed by atoms with Crippen LogP contribution in [-0.4, -0.2) is 16.7 Å². The van der Waals surface area contributed by atoms with Gasteiger partial charge >= 0.3 is 0 Å². The zero-order valence-electron chi connectivity index (χ0n) is 3.87. The van der Waals surface area contributed by atoms with Gasteiger partial charge in [-0.25, -0.2) is 0 Å². The van der Waals surface area contributed by atoms with Gasteiger partial charge in [0.25, 0.3) is 5.88 Å². The van der Waals surface area contributed by atoms with Gasteiger partial charge < -0.3 is 10.3 Å². The van der Waals surface area contributed by atoms with Gasteiger partial charge in [0.15, 0.2) is 12.0 Å². The number of nitrogens with two attached hydrogens (primary N) is 1. The average molecular weight is 113 g/mol. The van der Waals surface area contributed by atoms with Crippen molar-refractivity contribution in [2.45, 2.75) is 0 Å². The number of carbonyl (C=O) groups is 1. The molecule has 8 heavy (non-hydrogen) atoms. The second-order valence-electron chi connectivity index (χ2n) is 1.14. The fraction of sp³-hybridized carbons (Fsp3) is 0. The Labute approximate surface area is 44.5 Å². The minimum atomic E-state index is -0.0417. The summed E-state index contributed by atoms with van der Waals surface area (Å²) in [5.74, 6) is -0.0417. The summed E-state index contributed by atoms with van der Waals surface area (Å²) in [6.45, 7) is 0. The second-order valence-corrected chi connectivity index (χ2v) is 1.14. The fourth-order valence-corrected chi connectivity index (χ4v) is 0.286. The molecule has 0 bridgehead atoms. The Hall–Kier alpha value is -1.39. The molecule has 0 radical (unpaired) electrons. The highest BCUT2D eigenvalue weighted by Crippen LogP contribution is 2.00. The number of hydrogen-bond donors (Lipinski definition) is 1. The van der Waals surface area contributed by atoms with Gasteiger partial charge in [-0.15, -0.1) is 5.10 Å². The van der Waals surface area contributed by atoms with Crippen molar-refractivity contribution >= 4 is 12.2 Å². The molecule has 0 saturated heterocycles. The van der Waals surface area contributed by atoms with E-state index in [9.17, 15) is 4.79 Å². The third-order valence-corrected chi connectivity index (χ3v) is 0.652. The lowest BCUT2D eigenvalue weighted by atomic mass is 10.5. The molecule has 0 atom stereocenters. The molecule has 2 N–H and O–H groups in total. The first-order valence-electron chi connectivity index (χ1n) is 1.87. The van der Waals surface area contributed by atoms with Crippen molar-refractivity contribution in [1.82, 2.24) is 10.4 Å². The van der Waals surface area contributed by atoms with Crippen LogP contribution in [0.15, 0.2) is 4.52 Å². The lowest BCUT2D eigenvalue weighted by Crippen LogP contribution is -1.87.